The third-order valence-electron chi connectivity index (χ3n) is 4.29. The summed E-state index contributed by atoms with van der Waals surface area (Å²) >= 11 is 0. The van der Waals surface area contributed by atoms with Gasteiger partial charge in [0.1, 0.15) is 0 Å². The molecule has 1 fully saturated rings. The van der Waals surface area contributed by atoms with Crippen molar-refractivity contribution in [1.82, 2.24) is 14.9 Å². The molecule has 1 aliphatic heterocycles. The molecule has 3 rings (SSSR count). The Hall–Kier alpha value is -1.84. The Bertz CT molecular complexity index is 629. The van der Waals surface area contributed by atoms with E-state index in [0.29, 0.717) is 5.41 Å². The van der Waals surface area contributed by atoms with Gasteiger partial charge in [0.25, 0.3) is 5.91 Å². The highest BCUT2D eigenvalue weighted by Gasteiger charge is 2.26. The lowest BCUT2D eigenvalue weighted by atomic mass is 9.85. The zero-order valence-corrected chi connectivity index (χ0v) is 12.1. The number of aromatic amines is 1. The van der Waals surface area contributed by atoms with Gasteiger partial charge in [0, 0.05) is 18.7 Å². The van der Waals surface area contributed by atoms with Crippen molar-refractivity contribution in [1.29, 1.82) is 0 Å². The number of hydrogen-bond acceptors (Lipinski definition) is 2. The van der Waals surface area contributed by atoms with E-state index in [1.165, 1.54) is 6.42 Å². The highest BCUT2D eigenvalue weighted by Crippen LogP contribution is 2.30. The van der Waals surface area contributed by atoms with Crippen LogP contribution in [0.15, 0.2) is 24.5 Å². The summed E-state index contributed by atoms with van der Waals surface area (Å²) in [5, 5.41) is 0. The molecule has 1 aliphatic rings. The number of H-pyrrole nitrogens is 1. The predicted molar refractivity (Wildman–Crippen MR) is 79.6 cm³/mol. The van der Waals surface area contributed by atoms with Crippen molar-refractivity contribution in [3.05, 3.63) is 30.1 Å². The molecule has 0 unspecified atom stereocenters. The second-order valence-electron chi connectivity index (χ2n) is 6.44. The van der Waals surface area contributed by atoms with Crippen LogP contribution in [0.25, 0.3) is 11.0 Å². The van der Waals surface area contributed by atoms with Crippen molar-refractivity contribution in [3.63, 3.8) is 0 Å². The quantitative estimate of drug-likeness (QED) is 0.865. The number of rotatable bonds is 1. The lowest BCUT2D eigenvalue weighted by Crippen LogP contribution is -2.32. The molecule has 0 radical (unpaired) electrons. The van der Waals surface area contributed by atoms with Gasteiger partial charge in [0.2, 0.25) is 0 Å². The van der Waals surface area contributed by atoms with Crippen LogP contribution in [0.5, 0.6) is 0 Å². The molecule has 20 heavy (non-hydrogen) atoms. The third-order valence-corrected chi connectivity index (χ3v) is 4.29. The molecule has 2 aromatic rings. The summed E-state index contributed by atoms with van der Waals surface area (Å²) in [5.74, 6) is 0.138. The molecule has 1 N–H and O–H groups in total. The Kier molecular flexibility index (Phi) is 3.24. The molecule has 1 aromatic carbocycles. The topological polar surface area (TPSA) is 49.0 Å². The summed E-state index contributed by atoms with van der Waals surface area (Å²) < 4.78 is 0. The minimum Gasteiger partial charge on any atom is -0.345 e. The summed E-state index contributed by atoms with van der Waals surface area (Å²) in [6.45, 7) is 6.30. The van der Waals surface area contributed by atoms with E-state index in [9.17, 15) is 4.79 Å². The van der Waals surface area contributed by atoms with E-state index < -0.39 is 0 Å². The molecule has 2 heterocycles. The molecule has 0 spiro atoms. The first-order valence-corrected chi connectivity index (χ1v) is 7.28. The highest BCUT2D eigenvalue weighted by molar-refractivity contribution is 5.97. The molecule has 106 valence electrons. The van der Waals surface area contributed by atoms with Gasteiger partial charge >= 0.3 is 0 Å². The molecule has 0 saturated carbocycles. The lowest BCUT2D eigenvalue weighted by molar-refractivity contribution is 0.0757. The number of hydrogen-bond donors (Lipinski definition) is 1. The number of carbonyl (C=O) groups excluding carboxylic acids is 1. The standard InChI is InChI=1S/C16H21N3O/c1-16(2)6-3-8-19(9-7-16)15(20)12-4-5-13-14(10-12)18-11-17-13/h4-5,10-11H,3,6-9H2,1-2H3,(H,17,18). The fraction of sp³-hybridized carbons (Fsp3) is 0.500. The summed E-state index contributed by atoms with van der Waals surface area (Å²) in [5.41, 5.74) is 2.92. The van der Waals surface area contributed by atoms with Gasteiger partial charge in [0.05, 0.1) is 17.4 Å². The van der Waals surface area contributed by atoms with Crippen molar-refractivity contribution in [2.75, 3.05) is 13.1 Å². The number of nitrogens with one attached hydrogen (secondary N) is 1. The maximum Gasteiger partial charge on any atom is 0.253 e. The van der Waals surface area contributed by atoms with E-state index in [4.69, 9.17) is 0 Å². The number of likely N-dealkylation sites (tertiary alicyclic amines) is 1. The summed E-state index contributed by atoms with van der Waals surface area (Å²) in [6.07, 6.45) is 5.01. The molecule has 0 atom stereocenters. The van der Waals surface area contributed by atoms with Crippen LogP contribution in [-0.2, 0) is 0 Å². The molecule has 1 amide bonds. The highest BCUT2D eigenvalue weighted by atomic mass is 16.2. The normalized spacial score (nSPS) is 19.0. The lowest BCUT2D eigenvalue weighted by Gasteiger charge is -2.23. The van der Waals surface area contributed by atoms with E-state index in [1.807, 2.05) is 23.1 Å². The SMILES string of the molecule is CC1(C)CCCN(C(=O)c2ccc3nc[nH]c3c2)CC1. The van der Waals surface area contributed by atoms with Crippen molar-refractivity contribution in [2.45, 2.75) is 33.1 Å². The van der Waals surface area contributed by atoms with Crippen molar-refractivity contribution >= 4 is 16.9 Å². The van der Waals surface area contributed by atoms with Gasteiger partial charge in [-0.2, -0.15) is 0 Å². The Labute approximate surface area is 119 Å². The molecule has 0 aliphatic carbocycles. The average Bonchev–Trinajstić information content (AvgIpc) is 2.81. The zero-order chi connectivity index (χ0) is 14.2. The monoisotopic (exact) mass is 271 g/mol. The Morgan fingerprint density at radius 2 is 2.15 bits per heavy atom. The summed E-state index contributed by atoms with van der Waals surface area (Å²) in [4.78, 5) is 21.9. The fourth-order valence-corrected chi connectivity index (χ4v) is 2.88. The molecular formula is C16H21N3O. The Balaban J connectivity index is 1.80. The molecule has 1 saturated heterocycles. The van der Waals surface area contributed by atoms with Crippen LogP contribution >= 0.6 is 0 Å². The summed E-state index contributed by atoms with van der Waals surface area (Å²) in [7, 11) is 0. The van der Waals surface area contributed by atoms with Crippen LogP contribution in [0.4, 0.5) is 0 Å². The molecule has 0 bridgehead atoms. The Morgan fingerprint density at radius 1 is 1.30 bits per heavy atom. The van der Waals surface area contributed by atoms with Crippen molar-refractivity contribution < 1.29 is 4.79 Å². The smallest absolute Gasteiger partial charge is 0.253 e. The van der Waals surface area contributed by atoms with Crippen LogP contribution in [0.3, 0.4) is 0 Å². The number of amides is 1. The Morgan fingerprint density at radius 3 is 3.00 bits per heavy atom. The molecule has 4 nitrogen and oxygen atoms in total. The maximum absolute atomic E-state index is 12.6. The van der Waals surface area contributed by atoms with Gasteiger partial charge in [-0.15, -0.1) is 0 Å². The summed E-state index contributed by atoms with van der Waals surface area (Å²) in [6, 6.07) is 5.68. The average molecular weight is 271 g/mol. The number of fused-ring (bicyclic) bond motifs is 1. The van der Waals surface area contributed by atoms with Crippen molar-refractivity contribution in [2.24, 2.45) is 5.41 Å². The third kappa shape index (κ3) is 2.55. The molecule has 1 aromatic heterocycles. The van der Waals surface area contributed by atoms with E-state index in [2.05, 4.69) is 23.8 Å². The number of imidazole rings is 1. The largest absolute Gasteiger partial charge is 0.345 e. The van der Waals surface area contributed by atoms with Crippen molar-refractivity contribution in [3.8, 4) is 0 Å². The van der Waals surface area contributed by atoms with E-state index in [0.717, 1.165) is 42.5 Å². The molecule has 4 heteroatoms. The van der Waals surface area contributed by atoms with Crippen LogP contribution in [0, 0.1) is 5.41 Å². The van der Waals surface area contributed by atoms with E-state index in [-0.39, 0.29) is 5.91 Å². The van der Waals surface area contributed by atoms with E-state index >= 15 is 0 Å². The van der Waals surface area contributed by atoms with Crippen LogP contribution < -0.4 is 0 Å². The van der Waals surface area contributed by atoms with Crippen LogP contribution in [0.2, 0.25) is 0 Å². The van der Waals surface area contributed by atoms with Gasteiger partial charge in [0.15, 0.2) is 0 Å². The number of aromatic nitrogens is 2. The number of benzene rings is 1. The van der Waals surface area contributed by atoms with Gasteiger partial charge in [-0.05, 0) is 42.9 Å². The molecular weight excluding hydrogens is 250 g/mol. The van der Waals surface area contributed by atoms with Crippen LogP contribution in [-0.4, -0.2) is 33.9 Å². The van der Waals surface area contributed by atoms with E-state index in [1.54, 1.807) is 6.33 Å². The predicted octanol–water partition coefficient (Wildman–Crippen LogP) is 3.22. The second kappa shape index (κ2) is 4.93. The first-order valence-electron chi connectivity index (χ1n) is 7.28. The first kappa shape index (κ1) is 13.2. The second-order valence-corrected chi connectivity index (χ2v) is 6.44. The minimum absolute atomic E-state index is 0.138. The fourth-order valence-electron chi connectivity index (χ4n) is 2.88. The zero-order valence-electron chi connectivity index (χ0n) is 12.1. The number of carbonyl (C=O) groups is 1. The van der Waals surface area contributed by atoms with Gasteiger partial charge in [-0.25, -0.2) is 4.98 Å². The van der Waals surface area contributed by atoms with Crippen LogP contribution in [0.1, 0.15) is 43.5 Å². The minimum atomic E-state index is 0.138. The van der Waals surface area contributed by atoms with Gasteiger partial charge in [-0.1, -0.05) is 13.8 Å². The maximum atomic E-state index is 12.6. The van der Waals surface area contributed by atoms with Gasteiger partial charge in [-0.3, -0.25) is 4.79 Å². The number of nitrogens with zero attached hydrogens (tertiary/aromatic N) is 2. The van der Waals surface area contributed by atoms with Gasteiger partial charge < -0.3 is 9.88 Å². The first-order chi connectivity index (χ1) is 9.55.